The Kier molecular flexibility index (Phi) is 38.2. The number of hydrogen-bond acceptors (Lipinski definition) is 21. The van der Waals surface area contributed by atoms with Crippen molar-refractivity contribution in [2.24, 2.45) is 9.98 Å². The molecule has 1 fully saturated rings. The number of thiophene rings is 2. The van der Waals surface area contributed by atoms with Gasteiger partial charge < -0.3 is 60.2 Å². The standard InChI is InChI=1S/C19H24N2.C18H19ClN4.C18H20N2O3S.C14H11Cl2NO2.C14H14ClNS.C13H8Cl2O4S.C8H9NO2/c1-20(2)12-7-13-21-14-16-8-3-5-10-18(16)19-11-6-4-9-17(19)15-21;1-22-8-10-23(11-9-22)18-14-4-2-3-5-15(14)20-16-7-6-13(19)12-17(16)21-18;1-11-7-14(19-12(2)18(11)23-4)10-24(21)17-8-13-5-6-15(22-3)9-16(13)20-17;15-10-5-3-6-11(16)14(10)17-12-7-2-1-4-9(12)8-13(18)19;15-13-4-2-1-3-11(13)9-16-7-5-14-12(10-16)6-8-17-14;14-11-7(13(18)9-2-1-5-20-9)3-4-8(12(11)15)19-6-10(16)17;1-6(10)9-7-2-4-8(11)5-3-7/h3-6,8-11H,7,12-15H2,1-2H3;2-7,12,20H,8-11H2,1H3;5-7,9H,8,10H2,1-4H3;1-7,17H,8H2,(H,18,19);1-4,6,8H,5,7,9-10H2;1-5H,6H2,(H,16,17);2-5,11H,1H3,(H,9,10). The van der Waals surface area contributed by atoms with E-state index in [4.69, 9.17) is 104 Å². The largest absolute Gasteiger partial charge is 0.508 e. The van der Waals surface area contributed by atoms with Gasteiger partial charge in [0, 0.05) is 128 Å². The zero-order valence-corrected chi connectivity index (χ0v) is 82.9. The predicted octanol–water partition coefficient (Wildman–Crippen LogP) is 24.0. The summed E-state index contributed by atoms with van der Waals surface area (Å²) in [6, 6.07) is 74.9. The minimum Gasteiger partial charge on any atom is -0.508 e. The second-order valence-corrected chi connectivity index (χ2v) is 38.1. The van der Waals surface area contributed by atoms with E-state index in [0.29, 0.717) is 59.8 Å². The molecular weight excluding hydrogens is 1890 g/mol. The quantitative estimate of drug-likeness (QED) is 0.0306. The maximum Gasteiger partial charge on any atom is 0.341 e. The first-order chi connectivity index (χ1) is 65.0. The van der Waals surface area contributed by atoms with Crippen molar-refractivity contribution in [3.05, 3.63) is 349 Å². The number of halogens is 6. The molecule has 1 saturated heterocycles. The van der Waals surface area contributed by atoms with Crippen LogP contribution >= 0.6 is 92.3 Å². The number of methoxy groups -OCH3 is 2. The smallest absolute Gasteiger partial charge is 0.341 e. The number of carboxylic acid groups (broad SMARTS) is 2. The molecule has 10 aromatic carbocycles. The van der Waals surface area contributed by atoms with Crippen LogP contribution in [0.3, 0.4) is 0 Å². The highest BCUT2D eigenvalue weighted by atomic mass is 35.5. The second kappa shape index (κ2) is 50.4. The predicted molar refractivity (Wildman–Crippen MR) is 552 cm³/mol. The summed E-state index contributed by atoms with van der Waals surface area (Å²) in [6.45, 7) is 16.4. The number of aliphatic carboxylic acids is 2. The molecule has 31 heteroatoms. The number of aliphatic imine (C=N–C) groups is 2. The van der Waals surface area contributed by atoms with Crippen molar-refractivity contribution in [2.45, 2.75) is 78.4 Å². The molecule has 0 radical (unpaired) electrons. The molecule has 8 heterocycles. The van der Waals surface area contributed by atoms with Gasteiger partial charge in [0.2, 0.25) is 11.7 Å². The number of amidine groups is 1. The summed E-state index contributed by atoms with van der Waals surface area (Å²) in [4.78, 5) is 72.1. The molecule has 5 aliphatic heterocycles. The zero-order valence-electron chi connectivity index (χ0n) is 75.9. The van der Waals surface area contributed by atoms with Gasteiger partial charge in [0.15, 0.2) is 6.61 Å². The summed E-state index contributed by atoms with van der Waals surface area (Å²) in [6.07, 6.45) is 2.94. The minimum atomic E-state index is -1.20. The molecule has 6 N–H and O–H groups in total. The third-order valence-corrected chi connectivity index (χ3v) is 27.3. The Labute approximate surface area is 828 Å². The third kappa shape index (κ3) is 29.5. The van der Waals surface area contributed by atoms with Gasteiger partial charge in [0.25, 0.3) is 0 Å². The summed E-state index contributed by atoms with van der Waals surface area (Å²) in [7, 11) is 8.51. The van der Waals surface area contributed by atoms with Crippen LogP contribution in [0.5, 0.6) is 23.0 Å². The van der Waals surface area contributed by atoms with Gasteiger partial charge in [-0.05, 0) is 230 Å². The summed E-state index contributed by atoms with van der Waals surface area (Å²) in [5.74, 6) is 0.871. The van der Waals surface area contributed by atoms with Gasteiger partial charge in [-0.2, -0.15) is 0 Å². The van der Waals surface area contributed by atoms with Crippen LogP contribution in [0.2, 0.25) is 30.1 Å². The van der Waals surface area contributed by atoms with E-state index in [2.05, 4.69) is 162 Å². The zero-order chi connectivity index (χ0) is 96.2. The molecule has 1 atom stereocenters. The number of anilines is 5. The maximum atomic E-state index is 12.7. The number of ether oxygens (including phenoxy) is 3. The highest BCUT2D eigenvalue weighted by Crippen LogP contribution is 2.41. The van der Waals surface area contributed by atoms with Crippen LogP contribution in [0.1, 0.15) is 89.4 Å². The van der Waals surface area contributed by atoms with Crippen LogP contribution in [0.25, 0.3) is 11.1 Å². The molecule has 135 heavy (non-hydrogen) atoms. The maximum absolute atomic E-state index is 12.7. The number of carbonyl (C=O) groups excluding carboxylic acids is 2. The van der Waals surface area contributed by atoms with E-state index in [-0.39, 0.29) is 45.2 Å². The SMILES string of the molecule is CC(=O)Nc1ccc(O)cc1.CN(C)CCCN1Cc2ccccc2-c2ccccc2C1.CN1CCN(C2=Nc3cc(Cl)ccc3Nc3ccccc32)CC1.COc1ccc2c(c1)N=C(S(=O)Cc1cc(C)c(OC)c(C)n1)C2.Clc1ccccc1CN1CCc2sccc2C1.O=C(O)COc1ccc(C(=O)c2cccs2)c(Cl)c1Cl.O=C(O)Cc1ccccc1Nc1c(Cl)cccc1Cl. The average Bonchev–Trinajstić information content (AvgIpc) is 1.69. The minimum absolute atomic E-state index is 0.0234. The number of aromatic nitrogens is 1. The molecule has 702 valence electrons. The van der Waals surface area contributed by atoms with Crippen molar-refractivity contribution in [1.29, 1.82) is 0 Å². The Hall–Kier alpha value is -11.5. The van der Waals surface area contributed by atoms with E-state index in [1.165, 1.54) is 88.7 Å². The number of ketones is 1. The Bertz CT molecular complexity index is 6290. The summed E-state index contributed by atoms with van der Waals surface area (Å²) >= 11 is 39.7. The number of nitrogens with zero attached hydrogens (tertiary/aromatic N) is 8. The number of nitrogens with one attached hydrogen (secondary N) is 3. The number of piperazine rings is 1. The Balaban J connectivity index is 0.000000143. The number of phenolic OH excluding ortho intramolecular Hbond substituents is 1. The fourth-order valence-electron chi connectivity index (χ4n) is 15.4. The van der Waals surface area contributed by atoms with Gasteiger partial charge in [0.1, 0.15) is 38.9 Å². The first kappa shape index (κ1) is 102. The number of pyridine rings is 1. The summed E-state index contributed by atoms with van der Waals surface area (Å²) in [5, 5.41) is 42.8. The van der Waals surface area contributed by atoms with Crippen molar-refractivity contribution >= 4 is 177 Å². The van der Waals surface area contributed by atoms with Crippen LogP contribution in [0.4, 0.5) is 39.8 Å². The van der Waals surface area contributed by atoms with Crippen molar-refractivity contribution in [1.82, 2.24) is 29.5 Å². The first-order valence-electron chi connectivity index (χ1n) is 43.4. The number of benzene rings is 10. The number of carbonyl (C=O) groups is 4. The molecule has 0 spiro atoms. The highest BCUT2D eigenvalue weighted by molar-refractivity contribution is 8.00. The van der Waals surface area contributed by atoms with Gasteiger partial charge in [-0.15, -0.1) is 22.7 Å². The number of fused-ring (bicyclic) bond motifs is 7. The highest BCUT2D eigenvalue weighted by Gasteiger charge is 2.28. The fraction of sp³-hybridized carbons (Fsp3) is 0.240. The number of phenols is 1. The van der Waals surface area contributed by atoms with E-state index in [9.17, 15) is 23.4 Å². The van der Waals surface area contributed by atoms with E-state index in [1.807, 2.05) is 91.9 Å². The lowest BCUT2D eigenvalue weighted by Crippen LogP contribution is -2.47. The lowest BCUT2D eigenvalue weighted by molar-refractivity contribution is -0.139. The number of likely N-dealkylation sites (N-methyl/N-ethyl adjacent to an activating group) is 1. The number of para-hydroxylation sites is 3. The van der Waals surface area contributed by atoms with Gasteiger partial charge in [0.05, 0.1) is 91.3 Å². The van der Waals surface area contributed by atoms with Crippen molar-refractivity contribution in [2.75, 3.05) is 104 Å². The van der Waals surface area contributed by atoms with Crippen molar-refractivity contribution in [3.8, 4) is 34.1 Å². The van der Waals surface area contributed by atoms with E-state index in [0.717, 1.165) is 145 Å². The second-order valence-electron chi connectivity index (χ2n) is 32.3. The molecular formula is C104H105Cl6N11O11S3. The fourth-order valence-corrected chi connectivity index (χ4v) is 19.4. The summed E-state index contributed by atoms with van der Waals surface area (Å²) in [5.41, 5.74) is 19.9. The van der Waals surface area contributed by atoms with Gasteiger partial charge in [-0.3, -0.25) is 33.4 Å². The number of carboxylic acids is 2. The molecule has 5 aliphatic rings. The van der Waals surface area contributed by atoms with E-state index < -0.39 is 29.3 Å². The number of hydrogen-bond donors (Lipinski definition) is 6. The molecule has 0 bridgehead atoms. The molecule has 0 saturated carbocycles. The van der Waals surface area contributed by atoms with Crippen LogP contribution in [0.15, 0.2) is 257 Å². The lowest BCUT2D eigenvalue weighted by Gasteiger charge is -2.34. The van der Waals surface area contributed by atoms with Crippen LogP contribution in [0, 0.1) is 13.8 Å². The van der Waals surface area contributed by atoms with Crippen LogP contribution in [-0.4, -0.2) is 171 Å². The topological polar surface area (TPSA) is 264 Å². The van der Waals surface area contributed by atoms with Crippen LogP contribution in [-0.2, 0) is 76.4 Å². The van der Waals surface area contributed by atoms with Gasteiger partial charge in [-0.1, -0.05) is 185 Å². The normalized spacial score (nSPS) is 13.5. The molecule has 18 rings (SSSR count). The Morgan fingerprint density at radius 2 is 1.26 bits per heavy atom. The molecule has 1 unspecified atom stereocenters. The number of aryl methyl sites for hydroxylation is 2. The Morgan fingerprint density at radius 3 is 1.91 bits per heavy atom. The molecule has 3 aromatic heterocycles. The first-order valence-corrected chi connectivity index (χ1v) is 48.7. The molecule has 1 amide bonds. The molecule has 0 aliphatic carbocycles. The summed E-state index contributed by atoms with van der Waals surface area (Å²) < 4.78 is 28.2. The number of aromatic hydroxyl groups is 1. The number of rotatable bonds is 20. The molecule has 22 nitrogen and oxygen atoms in total. The lowest BCUT2D eigenvalue weighted by atomic mass is 9.97. The van der Waals surface area contributed by atoms with E-state index >= 15 is 0 Å². The number of amides is 1. The third-order valence-electron chi connectivity index (χ3n) is 22.0. The van der Waals surface area contributed by atoms with Crippen LogP contribution < -0.4 is 30.2 Å². The van der Waals surface area contributed by atoms with Gasteiger partial charge in [-0.25, -0.2) is 14.8 Å². The van der Waals surface area contributed by atoms with E-state index in [1.54, 1.807) is 85.1 Å². The average molecular weight is 1990 g/mol. The van der Waals surface area contributed by atoms with Gasteiger partial charge >= 0.3 is 11.9 Å². The monoisotopic (exact) mass is 1990 g/mol. The van der Waals surface area contributed by atoms with Crippen molar-refractivity contribution < 1.29 is 52.9 Å². The van der Waals surface area contributed by atoms with Crippen molar-refractivity contribution in [3.63, 3.8) is 0 Å². The molecule has 13 aromatic rings. The Morgan fingerprint density at radius 1 is 0.600 bits per heavy atom.